The summed E-state index contributed by atoms with van der Waals surface area (Å²) in [5.74, 6) is -0.662. The summed E-state index contributed by atoms with van der Waals surface area (Å²) < 4.78 is 26.6. The molecule has 0 radical (unpaired) electrons. The highest BCUT2D eigenvalue weighted by atomic mass is 19.1. The van der Waals surface area contributed by atoms with Crippen LogP contribution in [0.4, 0.5) is 8.78 Å². The fraction of sp³-hybridized carbons (Fsp3) is 0.571. The molecule has 0 amide bonds. The highest BCUT2D eigenvalue weighted by Gasteiger charge is 2.20. The van der Waals surface area contributed by atoms with Crippen LogP contribution in [0.2, 0.25) is 0 Å². The van der Waals surface area contributed by atoms with Crippen molar-refractivity contribution in [3.8, 4) is 0 Å². The minimum Gasteiger partial charge on any atom is -0.310 e. The van der Waals surface area contributed by atoms with Gasteiger partial charge in [-0.1, -0.05) is 33.3 Å². The molecule has 0 aliphatic rings. The number of nitrogens with one attached hydrogen (secondary N) is 1. The van der Waals surface area contributed by atoms with Gasteiger partial charge >= 0.3 is 0 Å². The monoisotopic (exact) mass is 241 g/mol. The van der Waals surface area contributed by atoms with Gasteiger partial charge in [0.2, 0.25) is 0 Å². The quantitative estimate of drug-likeness (QED) is 0.792. The van der Waals surface area contributed by atoms with Crippen molar-refractivity contribution in [1.82, 2.24) is 5.32 Å². The Balaban J connectivity index is 2.95. The van der Waals surface area contributed by atoms with Crippen molar-refractivity contribution in [3.05, 3.63) is 35.4 Å². The van der Waals surface area contributed by atoms with Gasteiger partial charge in [-0.3, -0.25) is 0 Å². The largest absolute Gasteiger partial charge is 0.310 e. The molecule has 0 heterocycles. The molecule has 0 spiro atoms. The first-order chi connectivity index (χ1) is 8.10. The molecule has 0 fully saturated rings. The number of hydrogen-bond donors (Lipinski definition) is 1. The predicted octanol–water partition coefficient (Wildman–Crippen LogP) is 4.05. The smallest absolute Gasteiger partial charge is 0.130 e. The van der Waals surface area contributed by atoms with E-state index in [0.29, 0.717) is 11.5 Å². The van der Waals surface area contributed by atoms with E-state index in [4.69, 9.17) is 0 Å². The second-order valence-corrected chi connectivity index (χ2v) is 4.48. The van der Waals surface area contributed by atoms with Crippen LogP contribution in [0.15, 0.2) is 18.2 Å². The van der Waals surface area contributed by atoms with Crippen molar-refractivity contribution in [2.24, 2.45) is 5.92 Å². The lowest BCUT2D eigenvalue weighted by Gasteiger charge is -2.25. The molecule has 0 aliphatic heterocycles. The van der Waals surface area contributed by atoms with Crippen LogP contribution in [-0.4, -0.2) is 6.54 Å². The molecule has 0 saturated heterocycles. The summed E-state index contributed by atoms with van der Waals surface area (Å²) >= 11 is 0. The zero-order valence-electron chi connectivity index (χ0n) is 10.8. The maximum Gasteiger partial charge on any atom is 0.130 e. The third kappa shape index (κ3) is 3.77. The Morgan fingerprint density at radius 2 is 1.94 bits per heavy atom. The van der Waals surface area contributed by atoms with Crippen molar-refractivity contribution in [3.63, 3.8) is 0 Å². The molecular formula is C14H21F2N. The average Bonchev–Trinajstić information content (AvgIpc) is 2.31. The van der Waals surface area contributed by atoms with E-state index in [1.807, 2.05) is 0 Å². The predicted molar refractivity (Wildman–Crippen MR) is 66.8 cm³/mol. The average molecular weight is 241 g/mol. The molecule has 17 heavy (non-hydrogen) atoms. The first-order valence-electron chi connectivity index (χ1n) is 6.28. The lowest BCUT2D eigenvalue weighted by atomic mass is 9.92. The Morgan fingerprint density at radius 3 is 2.47 bits per heavy atom. The third-order valence-corrected chi connectivity index (χ3v) is 3.12. The third-order valence-electron chi connectivity index (χ3n) is 3.12. The molecule has 0 saturated carbocycles. The molecular weight excluding hydrogens is 220 g/mol. The number of hydrogen-bond acceptors (Lipinski definition) is 1. The fourth-order valence-electron chi connectivity index (χ4n) is 1.91. The highest BCUT2D eigenvalue weighted by molar-refractivity contribution is 5.22. The lowest BCUT2D eigenvalue weighted by molar-refractivity contribution is 0.365. The zero-order valence-corrected chi connectivity index (χ0v) is 10.8. The normalized spacial score (nSPS) is 14.6. The van der Waals surface area contributed by atoms with Crippen LogP contribution >= 0.6 is 0 Å². The van der Waals surface area contributed by atoms with Crippen molar-refractivity contribution >= 4 is 0 Å². The molecule has 1 aromatic rings. The minimum atomic E-state index is -0.523. The summed E-state index contributed by atoms with van der Waals surface area (Å²) in [6.07, 6.45) is 1.95. The number of rotatable bonds is 6. The molecule has 0 aromatic heterocycles. The van der Waals surface area contributed by atoms with Gasteiger partial charge in [0.15, 0.2) is 0 Å². The number of benzene rings is 1. The van der Waals surface area contributed by atoms with E-state index < -0.39 is 11.6 Å². The summed E-state index contributed by atoms with van der Waals surface area (Å²) in [6.45, 7) is 7.07. The first-order valence-corrected chi connectivity index (χ1v) is 6.28. The molecule has 2 unspecified atom stereocenters. The van der Waals surface area contributed by atoms with E-state index in [0.717, 1.165) is 25.5 Å². The van der Waals surface area contributed by atoms with E-state index in [1.165, 1.54) is 6.07 Å². The topological polar surface area (TPSA) is 12.0 Å². The molecule has 96 valence electrons. The Hall–Kier alpha value is -0.960. The van der Waals surface area contributed by atoms with E-state index >= 15 is 0 Å². The van der Waals surface area contributed by atoms with E-state index in [9.17, 15) is 8.78 Å². The van der Waals surface area contributed by atoms with Gasteiger partial charge < -0.3 is 5.32 Å². The standard InChI is InChI=1S/C14H21F2N/c1-4-8-17-14(10(3)5-2)12-7-6-11(15)9-13(12)16/h6-7,9-10,14,17H,4-5,8H2,1-3H3. The van der Waals surface area contributed by atoms with Crippen molar-refractivity contribution in [2.75, 3.05) is 6.54 Å². The van der Waals surface area contributed by atoms with Crippen LogP contribution in [0.5, 0.6) is 0 Å². The van der Waals surface area contributed by atoms with E-state index in [-0.39, 0.29) is 6.04 Å². The minimum absolute atomic E-state index is 0.0412. The van der Waals surface area contributed by atoms with Crippen LogP contribution in [0, 0.1) is 17.6 Å². The van der Waals surface area contributed by atoms with Gasteiger partial charge in [-0.25, -0.2) is 8.78 Å². The Bertz CT molecular complexity index is 352. The van der Waals surface area contributed by atoms with Crippen molar-refractivity contribution < 1.29 is 8.78 Å². The van der Waals surface area contributed by atoms with Gasteiger partial charge in [-0.15, -0.1) is 0 Å². The highest BCUT2D eigenvalue weighted by Crippen LogP contribution is 2.26. The SMILES string of the molecule is CCCNC(c1ccc(F)cc1F)C(C)CC. The van der Waals surface area contributed by atoms with Crippen LogP contribution in [0.3, 0.4) is 0 Å². The molecule has 0 aliphatic carbocycles. The second-order valence-electron chi connectivity index (χ2n) is 4.48. The number of halogens is 2. The summed E-state index contributed by atoms with van der Waals surface area (Å²) in [4.78, 5) is 0. The Morgan fingerprint density at radius 1 is 1.24 bits per heavy atom. The molecule has 1 aromatic carbocycles. The molecule has 2 atom stereocenters. The Labute approximate surface area is 102 Å². The van der Waals surface area contributed by atoms with Gasteiger partial charge in [0, 0.05) is 17.7 Å². The molecule has 3 heteroatoms. The van der Waals surface area contributed by atoms with Crippen molar-refractivity contribution in [2.45, 2.75) is 39.7 Å². The van der Waals surface area contributed by atoms with Crippen LogP contribution in [0.1, 0.15) is 45.2 Å². The van der Waals surface area contributed by atoms with Crippen LogP contribution < -0.4 is 5.32 Å². The molecule has 0 bridgehead atoms. The second kappa shape index (κ2) is 6.70. The molecule has 1 nitrogen and oxygen atoms in total. The lowest BCUT2D eigenvalue weighted by Crippen LogP contribution is -2.28. The summed E-state index contributed by atoms with van der Waals surface area (Å²) in [7, 11) is 0. The summed E-state index contributed by atoms with van der Waals surface area (Å²) in [5.41, 5.74) is 0.564. The van der Waals surface area contributed by atoms with Crippen molar-refractivity contribution in [1.29, 1.82) is 0 Å². The van der Waals surface area contributed by atoms with E-state index in [1.54, 1.807) is 6.07 Å². The van der Waals surface area contributed by atoms with Gasteiger partial charge in [0.25, 0.3) is 0 Å². The fourth-order valence-corrected chi connectivity index (χ4v) is 1.91. The Kier molecular flexibility index (Phi) is 5.56. The molecule has 1 N–H and O–H groups in total. The van der Waals surface area contributed by atoms with Gasteiger partial charge in [0.1, 0.15) is 11.6 Å². The van der Waals surface area contributed by atoms with Gasteiger partial charge in [-0.05, 0) is 24.9 Å². The van der Waals surface area contributed by atoms with E-state index in [2.05, 4.69) is 26.1 Å². The first kappa shape index (κ1) is 14.1. The molecule has 1 rings (SSSR count). The van der Waals surface area contributed by atoms with Gasteiger partial charge in [0.05, 0.1) is 0 Å². The van der Waals surface area contributed by atoms with Gasteiger partial charge in [-0.2, -0.15) is 0 Å². The maximum absolute atomic E-state index is 13.7. The van der Waals surface area contributed by atoms with Crippen LogP contribution in [-0.2, 0) is 0 Å². The summed E-state index contributed by atoms with van der Waals surface area (Å²) in [6, 6.07) is 3.78. The zero-order chi connectivity index (χ0) is 12.8. The maximum atomic E-state index is 13.7. The van der Waals surface area contributed by atoms with Crippen LogP contribution in [0.25, 0.3) is 0 Å². The summed E-state index contributed by atoms with van der Waals surface area (Å²) in [5, 5.41) is 3.33.